The third-order valence-electron chi connectivity index (χ3n) is 5.72. The number of nitrogens with zero attached hydrogens (tertiary/aromatic N) is 1. The lowest BCUT2D eigenvalue weighted by atomic mass is 9.90. The average molecular weight is 495 g/mol. The second-order valence-corrected chi connectivity index (χ2v) is 9.99. The molecule has 0 aromatic heterocycles. The first-order valence-electron chi connectivity index (χ1n) is 10.1. The normalized spacial score (nSPS) is 14.1. The highest BCUT2D eigenvalue weighted by molar-refractivity contribution is 7.89. The molecule has 0 bridgehead atoms. The molecule has 3 rings (SSSR count). The zero-order valence-electron chi connectivity index (χ0n) is 18.3. The summed E-state index contributed by atoms with van der Waals surface area (Å²) in [5.41, 5.74) is 4.79. The fraction of sp³-hybridized carbons (Fsp3) is 0.208. The number of carbonyl (C=O) groups excluding carboxylic acids is 1. The minimum absolute atomic E-state index is 0.103. The van der Waals surface area contributed by atoms with Crippen molar-refractivity contribution in [1.82, 2.24) is 4.31 Å². The highest BCUT2D eigenvalue weighted by Gasteiger charge is 2.43. The van der Waals surface area contributed by atoms with Gasteiger partial charge in [-0.05, 0) is 60.0 Å². The van der Waals surface area contributed by atoms with Gasteiger partial charge in [0.25, 0.3) is 0 Å². The number of hydrogen-bond donors (Lipinski definition) is 1. The van der Waals surface area contributed by atoms with E-state index in [0.29, 0.717) is 16.7 Å². The van der Waals surface area contributed by atoms with Crippen LogP contribution in [0.4, 0.5) is 17.6 Å². The Morgan fingerprint density at radius 1 is 0.941 bits per heavy atom. The van der Waals surface area contributed by atoms with E-state index in [-0.39, 0.29) is 11.3 Å². The van der Waals surface area contributed by atoms with Crippen molar-refractivity contribution in [3.8, 4) is 11.1 Å². The third kappa shape index (κ3) is 5.13. The van der Waals surface area contributed by atoms with Crippen LogP contribution in [0.5, 0.6) is 0 Å². The monoisotopic (exact) mass is 494 g/mol. The number of benzene rings is 3. The molecule has 180 valence electrons. The molecule has 3 aromatic rings. The smallest absolute Gasteiger partial charge is 0.368 e. The largest absolute Gasteiger partial charge is 0.416 e. The molecule has 2 N–H and O–H groups in total. The summed E-state index contributed by atoms with van der Waals surface area (Å²) >= 11 is 0. The number of amides is 1. The molecule has 1 amide bonds. The molecule has 5 nitrogen and oxygen atoms in total. The second-order valence-electron chi connectivity index (χ2n) is 8.02. The molecule has 0 aliphatic heterocycles. The van der Waals surface area contributed by atoms with Crippen LogP contribution in [0.3, 0.4) is 0 Å². The van der Waals surface area contributed by atoms with Gasteiger partial charge in [-0.2, -0.15) is 17.5 Å². The van der Waals surface area contributed by atoms with Gasteiger partial charge in [0.2, 0.25) is 15.9 Å². The van der Waals surface area contributed by atoms with E-state index in [2.05, 4.69) is 0 Å². The van der Waals surface area contributed by atoms with Gasteiger partial charge in [0, 0.05) is 13.5 Å². The number of carbonyl (C=O) groups is 1. The maximum absolute atomic E-state index is 13.2. The average Bonchev–Trinajstić information content (AvgIpc) is 2.78. The molecule has 1 unspecified atom stereocenters. The van der Waals surface area contributed by atoms with Crippen molar-refractivity contribution in [3.63, 3.8) is 0 Å². The predicted octanol–water partition coefficient (Wildman–Crippen LogP) is 4.62. The van der Waals surface area contributed by atoms with E-state index < -0.39 is 39.0 Å². The van der Waals surface area contributed by atoms with E-state index in [1.807, 2.05) is 0 Å². The Kier molecular flexibility index (Phi) is 6.86. The molecule has 3 aromatic carbocycles. The van der Waals surface area contributed by atoms with E-state index in [1.165, 1.54) is 26.1 Å². The summed E-state index contributed by atoms with van der Waals surface area (Å²) in [6, 6.07) is 15.4. The Morgan fingerprint density at radius 2 is 1.53 bits per heavy atom. The van der Waals surface area contributed by atoms with Crippen LogP contribution in [0.25, 0.3) is 11.1 Å². The first-order valence-corrected chi connectivity index (χ1v) is 11.5. The third-order valence-corrected chi connectivity index (χ3v) is 7.71. The summed E-state index contributed by atoms with van der Waals surface area (Å²) in [6.45, 7) is 1.38. The number of nitrogens with two attached hydrogens (primary N) is 1. The molecule has 0 saturated carbocycles. The Morgan fingerprint density at radius 3 is 2.06 bits per heavy atom. The molecule has 0 aliphatic rings. The summed E-state index contributed by atoms with van der Waals surface area (Å²) in [4.78, 5) is 12.2. The Bertz CT molecular complexity index is 1290. The van der Waals surface area contributed by atoms with Crippen LogP contribution in [0.2, 0.25) is 0 Å². The Hall–Kier alpha value is -3.24. The molecule has 0 heterocycles. The quantitative estimate of drug-likeness (QED) is 0.487. The Labute approximate surface area is 194 Å². The van der Waals surface area contributed by atoms with Gasteiger partial charge in [-0.1, -0.05) is 36.4 Å². The molecular formula is C24H22F4N2O3S. The molecule has 0 fully saturated rings. The maximum Gasteiger partial charge on any atom is 0.416 e. The van der Waals surface area contributed by atoms with E-state index in [9.17, 15) is 30.8 Å². The standard InChI is InChI=1S/C24H22F4N2O3S/c1-23(22(29)31,30(2)34(32,33)21-12-10-20(25)11-13-21)15-16-4-3-5-18(14-16)17-6-8-19(9-7-17)24(26,27)28/h3-14H,15H2,1-2H3,(H2,29,31). The molecule has 0 radical (unpaired) electrons. The molecule has 10 heteroatoms. The zero-order chi connectivity index (χ0) is 25.3. The SMILES string of the molecule is CN(C(C)(Cc1cccc(-c2ccc(C(F)(F)F)cc2)c1)C(N)=O)S(=O)(=O)c1ccc(F)cc1. The van der Waals surface area contributed by atoms with Crippen molar-refractivity contribution in [2.45, 2.75) is 30.0 Å². The molecule has 0 saturated heterocycles. The lowest BCUT2D eigenvalue weighted by molar-refractivity contribution is -0.137. The minimum Gasteiger partial charge on any atom is -0.368 e. The first-order chi connectivity index (χ1) is 15.7. The van der Waals surface area contributed by atoms with Crippen LogP contribution in [-0.2, 0) is 27.4 Å². The van der Waals surface area contributed by atoms with Crippen molar-refractivity contribution in [1.29, 1.82) is 0 Å². The summed E-state index contributed by atoms with van der Waals surface area (Å²) < 4.78 is 78.8. The fourth-order valence-electron chi connectivity index (χ4n) is 3.49. The first kappa shape index (κ1) is 25.4. The predicted molar refractivity (Wildman–Crippen MR) is 120 cm³/mol. The minimum atomic E-state index is -4.45. The van der Waals surface area contributed by atoms with Crippen LogP contribution < -0.4 is 5.73 Å². The number of alkyl halides is 3. The number of primary amides is 1. The maximum atomic E-state index is 13.2. The highest BCUT2D eigenvalue weighted by Crippen LogP contribution is 2.32. The molecule has 0 spiro atoms. The van der Waals surface area contributed by atoms with Crippen molar-refractivity contribution in [2.75, 3.05) is 7.05 Å². The van der Waals surface area contributed by atoms with Gasteiger partial charge >= 0.3 is 6.18 Å². The summed E-state index contributed by atoms with van der Waals surface area (Å²) in [6.07, 6.45) is -4.56. The van der Waals surface area contributed by atoms with Crippen LogP contribution in [0.15, 0.2) is 77.7 Å². The van der Waals surface area contributed by atoms with Crippen LogP contribution >= 0.6 is 0 Å². The zero-order valence-corrected chi connectivity index (χ0v) is 19.1. The fourth-order valence-corrected chi connectivity index (χ4v) is 4.97. The van der Waals surface area contributed by atoms with Crippen LogP contribution in [0.1, 0.15) is 18.1 Å². The number of likely N-dealkylation sites (N-methyl/N-ethyl adjacent to an activating group) is 1. The van der Waals surface area contributed by atoms with Crippen molar-refractivity contribution < 1.29 is 30.8 Å². The van der Waals surface area contributed by atoms with Crippen LogP contribution in [0, 0.1) is 5.82 Å². The van der Waals surface area contributed by atoms with Gasteiger partial charge in [-0.15, -0.1) is 0 Å². The second kappa shape index (κ2) is 9.19. The molecule has 0 aliphatic carbocycles. The van der Waals surface area contributed by atoms with Gasteiger partial charge < -0.3 is 5.73 Å². The summed E-state index contributed by atoms with van der Waals surface area (Å²) in [5.74, 6) is -1.51. The summed E-state index contributed by atoms with van der Waals surface area (Å²) in [5, 5.41) is 0. The number of halogens is 4. The van der Waals surface area contributed by atoms with Crippen molar-refractivity contribution in [3.05, 3.63) is 89.7 Å². The molecular weight excluding hydrogens is 472 g/mol. The van der Waals surface area contributed by atoms with Crippen molar-refractivity contribution in [2.24, 2.45) is 5.73 Å². The lowest BCUT2D eigenvalue weighted by Crippen LogP contribution is -2.57. The van der Waals surface area contributed by atoms with Gasteiger partial charge in [0.1, 0.15) is 11.4 Å². The van der Waals surface area contributed by atoms with E-state index in [0.717, 1.165) is 40.7 Å². The molecule has 34 heavy (non-hydrogen) atoms. The molecule has 1 atom stereocenters. The number of sulfonamides is 1. The number of rotatable bonds is 7. The Balaban J connectivity index is 1.94. The highest BCUT2D eigenvalue weighted by atomic mass is 32.2. The van der Waals surface area contributed by atoms with E-state index in [1.54, 1.807) is 24.3 Å². The van der Waals surface area contributed by atoms with Gasteiger partial charge in [0.05, 0.1) is 10.5 Å². The topological polar surface area (TPSA) is 80.5 Å². The van der Waals surface area contributed by atoms with E-state index >= 15 is 0 Å². The van der Waals surface area contributed by atoms with Crippen molar-refractivity contribution >= 4 is 15.9 Å². The lowest BCUT2D eigenvalue weighted by Gasteiger charge is -2.35. The number of hydrogen-bond acceptors (Lipinski definition) is 3. The van der Waals surface area contributed by atoms with Gasteiger partial charge in [0.15, 0.2) is 0 Å². The summed E-state index contributed by atoms with van der Waals surface area (Å²) in [7, 11) is -2.99. The van der Waals surface area contributed by atoms with Gasteiger partial charge in [-0.25, -0.2) is 12.8 Å². The van der Waals surface area contributed by atoms with Gasteiger partial charge in [-0.3, -0.25) is 4.79 Å². The van der Waals surface area contributed by atoms with E-state index in [4.69, 9.17) is 5.73 Å². The van der Waals surface area contributed by atoms with Crippen LogP contribution in [-0.4, -0.2) is 31.2 Å².